The van der Waals surface area contributed by atoms with E-state index in [4.69, 9.17) is 4.74 Å². The number of anilines is 1. The van der Waals surface area contributed by atoms with Crippen LogP contribution in [0.3, 0.4) is 0 Å². The molecule has 0 aromatic heterocycles. The van der Waals surface area contributed by atoms with E-state index in [1.807, 2.05) is 36.1 Å². The standard InChI is InChI=1S/C23H27N3O3/c1-3-29-21-11-4-18(5-12-21)6-13-22(27)24-20-9-7-19(8-10-20)23(28)26-16-14-25(2)15-17-26/h4-13H,3,14-17H2,1-2H3,(H,24,27)/b13-6+. The van der Waals surface area contributed by atoms with Crippen molar-refractivity contribution in [2.45, 2.75) is 6.92 Å². The summed E-state index contributed by atoms with van der Waals surface area (Å²) in [4.78, 5) is 28.8. The lowest BCUT2D eigenvalue weighted by Crippen LogP contribution is -2.47. The number of nitrogens with one attached hydrogen (secondary N) is 1. The predicted molar refractivity (Wildman–Crippen MR) is 115 cm³/mol. The van der Waals surface area contributed by atoms with E-state index < -0.39 is 0 Å². The summed E-state index contributed by atoms with van der Waals surface area (Å²) in [7, 11) is 2.06. The number of ether oxygens (including phenoxy) is 1. The molecule has 0 spiro atoms. The Bertz CT molecular complexity index is 852. The first kappa shape index (κ1) is 20.6. The van der Waals surface area contributed by atoms with Gasteiger partial charge in [-0.05, 0) is 62.0 Å². The third kappa shape index (κ3) is 5.93. The van der Waals surface area contributed by atoms with Gasteiger partial charge in [-0.3, -0.25) is 9.59 Å². The second-order valence-corrected chi connectivity index (χ2v) is 7.00. The average molecular weight is 393 g/mol. The Kier molecular flexibility index (Phi) is 7.03. The molecule has 29 heavy (non-hydrogen) atoms. The van der Waals surface area contributed by atoms with Crippen LogP contribution < -0.4 is 10.1 Å². The first-order chi connectivity index (χ1) is 14.0. The topological polar surface area (TPSA) is 61.9 Å². The molecule has 1 fully saturated rings. The Morgan fingerprint density at radius 1 is 1.00 bits per heavy atom. The molecule has 0 aliphatic carbocycles. The Morgan fingerprint density at radius 3 is 2.28 bits per heavy atom. The Balaban J connectivity index is 1.53. The smallest absolute Gasteiger partial charge is 0.253 e. The van der Waals surface area contributed by atoms with Crippen molar-refractivity contribution < 1.29 is 14.3 Å². The van der Waals surface area contributed by atoms with Crippen LogP contribution in [0.25, 0.3) is 6.08 Å². The maximum Gasteiger partial charge on any atom is 0.253 e. The summed E-state index contributed by atoms with van der Waals surface area (Å²) in [6.07, 6.45) is 3.23. The first-order valence-electron chi connectivity index (χ1n) is 9.85. The van der Waals surface area contributed by atoms with Gasteiger partial charge >= 0.3 is 0 Å². The summed E-state index contributed by atoms with van der Waals surface area (Å²) >= 11 is 0. The number of piperazine rings is 1. The molecule has 152 valence electrons. The largest absolute Gasteiger partial charge is 0.494 e. The van der Waals surface area contributed by atoms with Crippen molar-refractivity contribution in [1.29, 1.82) is 0 Å². The monoisotopic (exact) mass is 393 g/mol. The summed E-state index contributed by atoms with van der Waals surface area (Å²) in [5.41, 5.74) is 2.20. The van der Waals surface area contributed by atoms with Crippen LogP contribution in [0.4, 0.5) is 5.69 Å². The predicted octanol–water partition coefficient (Wildman–Crippen LogP) is 3.12. The number of nitrogens with zero attached hydrogens (tertiary/aromatic N) is 2. The molecule has 0 bridgehead atoms. The fraction of sp³-hybridized carbons (Fsp3) is 0.304. The average Bonchev–Trinajstić information content (AvgIpc) is 2.74. The maximum atomic E-state index is 12.6. The molecule has 1 aliphatic heterocycles. The molecular weight excluding hydrogens is 366 g/mol. The summed E-state index contributed by atoms with van der Waals surface area (Å²) in [6, 6.07) is 14.6. The van der Waals surface area contributed by atoms with Gasteiger partial charge in [0.05, 0.1) is 6.61 Å². The highest BCUT2D eigenvalue weighted by Crippen LogP contribution is 2.15. The lowest BCUT2D eigenvalue weighted by Gasteiger charge is -2.32. The molecule has 6 heteroatoms. The van der Waals surface area contributed by atoms with Gasteiger partial charge in [0.1, 0.15) is 5.75 Å². The molecule has 1 saturated heterocycles. The van der Waals surface area contributed by atoms with Gasteiger partial charge in [0, 0.05) is 43.5 Å². The van der Waals surface area contributed by atoms with Crippen molar-refractivity contribution in [3.8, 4) is 5.75 Å². The van der Waals surface area contributed by atoms with Crippen LogP contribution in [0.2, 0.25) is 0 Å². The third-order valence-corrected chi connectivity index (χ3v) is 4.81. The molecule has 0 radical (unpaired) electrons. The van der Waals surface area contributed by atoms with E-state index in [0.717, 1.165) is 37.5 Å². The van der Waals surface area contributed by atoms with Crippen molar-refractivity contribution in [2.75, 3.05) is 45.2 Å². The number of benzene rings is 2. The van der Waals surface area contributed by atoms with Gasteiger partial charge in [-0.2, -0.15) is 0 Å². The summed E-state index contributed by atoms with van der Waals surface area (Å²) in [5.74, 6) is 0.615. The number of hydrogen-bond acceptors (Lipinski definition) is 4. The van der Waals surface area contributed by atoms with Gasteiger partial charge in [0.15, 0.2) is 0 Å². The fourth-order valence-electron chi connectivity index (χ4n) is 3.09. The van der Waals surface area contributed by atoms with Gasteiger partial charge in [-0.15, -0.1) is 0 Å². The maximum absolute atomic E-state index is 12.6. The molecule has 3 rings (SSSR count). The number of hydrogen-bond donors (Lipinski definition) is 1. The van der Waals surface area contributed by atoms with E-state index >= 15 is 0 Å². The van der Waals surface area contributed by atoms with Crippen LogP contribution in [0.15, 0.2) is 54.6 Å². The molecule has 1 heterocycles. The molecule has 2 aromatic carbocycles. The van der Waals surface area contributed by atoms with E-state index in [1.165, 1.54) is 6.08 Å². The highest BCUT2D eigenvalue weighted by Gasteiger charge is 2.20. The molecule has 1 aliphatic rings. The number of carbonyl (C=O) groups is 2. The summed E-state index contributed by atoms with van der Waals surface area (Å²) < 4.78 is 5.40. The molecule has 6 nitrogen and oxygen atoms in total. The molecule has 2 aromatic rings. The normalized spacial score (nSPS) is 14.8. The molecule has 2 amide bonds. The van der Waals surface area contributed by atoms with Crippen molar-refractivity contribution in [2.24, 2.45) is 0 Å². The second kappa shape index (κ2) is 9.89. The van der Waals surface area contributed by atoms with Crippen molar-refractivity contribution >= 4 is 23.6 Å². The van der Waals surface area contributed by atoms with Gasteiger partial charge < -0.3 is 19.9 Å². The van der Waals surface area contributed by atoms with E-state index in [1.54, 1.807) is 30.3 Å². The second-order valence-electron chi connectivity index (χ2n) is 7.00. The van der Waals surface area contributed by atoms with Crippen LogP contribution in [-0.2, 0) is 4.79 Å². The fourth-order valence-corrected chi connectivity index (χ4v) is 3.09. The van der Waals surface area contributed by atoms with Gasteiger partial charge in [-0.1, -0.05) is 12.1 Å². The molecular formula is C23H27N3O3. The van der Waals surface area contributed by atoms with Crippen LogP contribution in [0, 0.1) is 0 Å². The lowest BCUT2D eigenvalue weighted by atomic mass is 10.1. The molecule has 0 saturated carbocycles. The van der Waals surface area contributed by atoms with Gasteiger partial charge in [0.25, 0.3) is 5.91 Å². The van der Waals surface area contributed by atoms with Gasteiger partial charge in [0.2, 0.25) is 5.91 Å². The highest BCUT2D eigenvalue weighted by molar-refractivity contribution is 6.02. The van der Waals surface area contributed by atoms with E-state index in [0.29, 0.717) is 17.9 Å². The highest BCUT2D eigenvalue weighted by atomic mass is 16.5. The van der Waals surface area contributed by atoms with Crippen molar-refractivity contribution in [3.63, 3.8) is 0 Å². The number of amides is 2. The minimum Gasteiger partial charge on any atom is -0.494 e. The first-order valence-corrected chi connectivity index (χ1v) is 9.85. The number of likely N-dealkylation sites (N-methyl/N-ethyl adjacent to an activating group) is 1. The molecule has 0 atom stereocenters. The SMILES string of the molecule is CCOc1ccc(/C=C/C(=O)Nc2ccc(C(=O)N3CCN(C)CC3)cc2)cc1. The quantitative estimate of drug-likeness (QED) is 0.766. The van der Waals surface area contributed by atoms with Crippen molar-refractivity contribution in [1.82, 2.24) is 9.80 Å². The van der Waals surface area contributed by atoms with Gasteiger partial charge in [-0.25, -0.2) is 0 Å². The zero-order valence-corrected chi connectivity index (χ0v) is 16.9. The van der Waals surface area contributed by atoms with Crippen LogP contribution in [-0.4, -0.2) is 61.4 Å². The minimum absolute atomic E-state index is 0.0337. The molecule has 0 unspecified atom stereocenters. The lowest BCUT2D eigenvalue weighted by molar-refractivity contribution is -0.111. The van der Waals surface area contributed by atoms with E-state index in [-0.39, 0.29) is 11.8 Å². The summed E-state index contributed by atoms with van der Waals surface area (Å²) in [6.45, 7) is 5.82. The molecule has 1 N–H and O–H groups in total. The Labute approximate surface area is 171 Å². The zero-order valence-electron chi connectivity index (χ0n) is 16.9. The number of carbonyl (C=O) groups excluding carboxylic acids is 2. The number of rotatable bonds is 6. The van der Waals surface area contributed by atoms with Crippen molar-refractivity contribution in [3.05, 3.63) is 65.7 Å². The minimum atomic E-state index is -0.225. The van der Waals surface area contributed by atoms with Crippen LogP contribution >= 0.6 is 0 Å². The Hall–Kier alpha value is -3.12. The zero-order chi connectivity index (χ0) is 20.6. The third-order valence-electron chi connectivity index (χ3n) is 4.81. The van der Waals surface area contributed by atoms with Crippen LogP contribution in [0.1, 0.15) is 22.8 Å². The van der Waals surface area contributed by atoms with Crippen LogP contribution in [0.5, 0.6) is 5.75 Å². The Morgan fingerprint density at radius 2 is 1.66 bits per heavy atom. The van der Waals surface area contributed by atoms with E-state index in [2.05, 4.69) is 17.3 Å². The summed E-state index contributed by atoms with van der Waals surface area (Å²) in [5, 5.41) is 2.81. The van der Waals surface area contributed by atoms with E-state index in [9.17, 15) is 9.59 Å².